The zero-order valence-corrected chi connectivity index (χ0v) is 12.1. The molecule has 1 N–H and O–H groups in total. The minimum atomic E-state index is -3.27. The van der Waals surface area contributed by atoms with E-state index in [0.717, 1.165) is 32.4 Å². The van der Waals surface area contributed by atoms with E-state index in [1.54, 1.807) is 8.61 Å². The molecule has 6 nitrogen and oxygen atoms in total. The van der Waals surface area contributed by atoms with Gasteiger partial charge in [0.15, 0.2) is 0 Å². The quantitative estimate of drug-likeness (QED) is 0.754. The Balaban J connectivity index is 1.69. The van der Waals surface area contributed by atoms with Crippen LogP contribution in [0.5, 0.6) is 0 Å². The van der Waals surface area contributed by atoms with Gasteiger partial charge in [0.05, 0.1) is 13.2 Å². The second-order valence-electron chi connectivity index (χ2n) is 5.85. The third-order valence-corrected chi connectivity index (χ3v) is 6.67. The molecule has 1 spiro atoms. The van der Waals surface area contributed by atoms with Gasteiger partial charge in [0.1, 0.15) is 0 Å². The summed E-state index contributed by atoms with van der Waals surface area (Å²) >= 11 is 0. The summed E-state index contributed by atoms with van der Waals surface area (Å²) in [4.78, 5) is 0. The molecule has 0 radical (unpaired) electrons. The fourth-order valence-electron chi connectivity index (χ4n) is 3.40. The van der Waals surface area contributed by atoms with Crippen molar-refractivity contribution < 1.29 is 13.2 Å². The van der Waals surface area contributed by atoms with E-state index in [0.29, 0.717) is 39.4 Å². The fourth-order valence-corrected chi connectivity index (χ4v) is 5.09. The van der Waals surface area contributed by atoms with Crippen molar-refractivity contribution in [1.82, 2.24) is 13.9 Å². The molecule has 3 saturated heterocycles. The molecule has 0 bridgehead atoms. The highest BCUT2D eigenvalue weighted by atomic mass is 32.2. The Kier molecular flexibility index (Phi) is 3.83. The Bertz CT molecular complexity index is 414. The highest BCUT2D eigenvalue weighted by Gasteiger charge is 2.44. The third-order valence-electron chi connectivity index (χ3n) is 4.69. The van der Waals surface area contributed by atoms with Gasteiger partial charge in [0, 0.05) is 26.2 Å². The van der Waals surface area contributed by atoms with E-state index in [4.69, 9.17) is 4.74 Å². The molecule has 0 aromatic carbocycles. The number of hydrogen-bond acceptors (Lipinski definition) is 4. The Morgan fingerprint density at radius 2 is 1.63 bits per heavy atom. The van der Waals surface area contributed by atoms with Gasteiger partial charge in [-0.15, -0.1) is 0 Å². The molecule has 0 amide bonds. The first-order chi connectivity index (χ1) is 9.12. The zero-order valence-electron chi connectivity index (χ0n) is 11.3. The summed E-state index contributed by atoms with van der Waals surface area (Å²) in [5, 5.41) is 3.36. The lowest BCUT2D eigenvalue weighted by atomic mass is 9.78. The topological polar surface area (TPSA) is 61.9 Å². The number of morpholine rings is 1. The Hall–Kier alpha value is -0.210. The SMILES string of the molecule is O=S(=O)(N1CCOCC1)N1CCC2(CCNCC2)C1. The van der Waals surface area contributed by atoms with E-state index in [1.807, 2.05) is 0 Å². The van der Waals surface area contributed by atoms with Crippen molar-refractivity contribution in [2.45, 2.75) is 19.3 Å². The van der Waals surface area contributed by atoms with E-state index in [1.165, 1.54) is 0 Å². The number of rotatable bonds is 2. The second kappa shape index (κ2) is 5.29. The van der Waals surface area contributed by atoms with Gasteiger partial charge in [-0.3, -0.25) is 0 Å². The smallest absolute Gasteiger partial charge is 0.282 e. The summed E-state index contributed by atoms with van der Waals surface area (Å²) in [7, 11) is -3.27. The number of ether oxygens (including phenoxy) is 1. The first-order valence-electron chi connectivity index (χ1n) is 7.16. The van der Waals surface area contributed by atoms with Gasteiger partial charge in [0.25, 0.3) is 10.2 Å². The standard InChI is InChI=1S/C12H23N3O3S/c16-19(17,14-7-9-18-10-8-14)15-6-3-12(11-15)1-4-13-5-2-12/h13H,1-11H2. The van der Waals surface area contributed by atoms with Crippen molar-refractivity contribution in [3.63, 3.8) is 0 Å². The van der Waals surface area contributed by atoms with Gasteiger partial charge in [-0.25, -0.2) is 0 Å². The predicted molar refractivity (Wildman–Crippen MR) is 72.0 cm³/mol. The Labute approximate surface area is 115 Å². The predicted octanol–water partition coefficient (Wildman–Crippen LogP) is -0.361. The van der Waals surface area contributed by atoms with E-state index in [9.17, 15) is 8.42 Å². The molecule has 3 aliphatic heterocycles. The van der Waals surface area contributed by atoms with Gasteiger partial charge >= 0.3 is 0 Å². The van der Waals surface area contributed by atoms with Crippen LogP contribution in [0.3, 0.4) is 0 Å². The molecule has 7 heteroatoms. The summed E-state index contributed by atoms with van der Waals surface area (Å²) in [5.74, 6) is 0. The minimum absolute atomic E-state index is 0.227. The zero-order chi connectivity index (χ0) is 13.3. The van der Waals surface area contributed by atoms with E-state index in [-0.39, 0.29) is 5.41 Å². The van der Waals surface area contributed by atoms with Gasteiger partial charge < -0.3 is 10.1 Å². The van der Waals surface area contributed by atoms with Crippen LogP contribution in [0.1, 0.15) is 19.3 Å². The minimum Gasteiger partial charge on any atom is -0.379 e. The maximum absolute atomic E-state index is 12.6. The lowest BCUT2D eigenvalue weighted by molar-refractivity contribution is 0.0702. The van der Waals surface area contributed by atoms with Gasteiger partial charge in [-0.05, 0) is 37.8 Å². The molecule has 0 unspecified atom stereocenters. The molecule has 0 aliphatic carbocycles. The van der Waals surface area contributed by atoms with Gasteiger partial charge in [-0.1, -0.05) is 0 Å². The molecule has 3 aliphatic rings. The molecule has 3 heterocycles. The van der Waals surface area contributed by atoms with Crippen LogP contribution < -0.4 is 5.32 Å². The van der Waals surface area contributed by atoms with Crippen molar-refractivity contribution in [3.8, 4) is 0 Å². The molecule has 0 aromatic heterocycles. The molecule has 0 aromatic rings. The van der Waals surface area contributed by atoms with Crippen molar-refractivity contribution >= 4 is 10.2 Å². The van der Waals surface area contributed by atoms with Crippen molar-refractivity contribution in [2.75, 3.05) is 52.5 Å². The van der Waals surface area contributed by atoms with Crippen molar-refractivity contribution in [3.05, 3.63) is 0 Å². The number of hydrogen-bond donors (Lipinski definition) is 1. The monoisotopic (exact) mass is 289 g/mol. The van der Waals surface area contributed by atoms with Crippen molar-refractivity contribution in [1.29, 1.82) is 0 Å². The number of piperidine rings is 1. The van der Waals surface area contributed by atoms with Crippen LogP contribution in [0.2, 0.25) is 0 Å². The van der Waals surface area contributed by atoms with Crippen LogP contribution in [-0.2, 0) is 14.9 Å². The first-order valence-corrected chi connectivity index (χ1v) is 8.56. The molecule has 110 valence electrons. The van der Waals surface area contributed by atoms with E-state index >= 15 is 0 Å². The molecule has 3 fully saturated rings. The number of nitrogens with zero attached hydrogens (tertiary/aromatic N) is 2. The highest BCUT2D eigenvalue weighted by Crippen LogP contribution is 2.40. The molecule has 3 rings (SSSR count). The molecular formula is C12H23N3O3S. The van der Waals surface area contributed by atoms with Crippen LogP contribution >= 0.6 is 0 Å². The molecule has 0 saturated carbocycles. The third kappa shape index (κ3) is 2.67. The first kappa shape index (κ1) is 13.8. The molecular weight excluding hydrogens is 266 g/mol. The highest BCUT2D eigenvalue weighted by molar-refractivity contribution is 7.86. The largest absolute Gasteiger partial charge is 0.379 e. The Morgan fingerprint density at radius 1 is 0.947 bits per heavy atom. The summed E-state index contributed by atoms with van der Waals surface area (Å²) in [6, 6.07) is 0. The second-order valence-corrected chi connectivity index (χ2v) is 7.78. The van der Waals surface area contributed by atoms with Crippen molar-refractivity contribution in [2.24, 2.45) is 5.41 Å². The van der Waals surface area contributed by atoms with Crippen LogP contribution in [0.25, 0.3) is 0 Å². The van der Waals surface area contributed by atoms with Crippen LogP contribution in [-0.4, -0.2) is 69.5 Å². The van der Waals surface area contributed by atoms with E-state index in [2.05, 4.69) is 5.32 Å². The maximum atomic E-state index is 12.6. The normalized spacial score (nSPS) is 29.9. The van der Waals surface area contributed by atoms with Crippen LogP contribution in [0.4, 0.5) is 0 Å². The average molecular weight is 289 g/mol. The summed E-state index contributed by atoms with van der Waals surface area (Å²) in [6.07, 6.45) is 3.21. The summed E-state index contributed by atoms with van der Waals surface area (Å²) < 4.78 is 33.7. The molecule has 19 heavy (non-hydrogen) atoms. The van der Waals surface area contributed by atoms with Gasteiger partial charge in [0.2, 0.25) is 0 Å². The Morgan fingerprint density at radius 3 is 2.32 bits per heavy atom. The average Bonchev–Trinajstić information content (AvgIpc) is 2.85. The maximum Gasteiger partial charge on any atom is 0.282 e. The number of nitrogens with one attached hydrogen (secondary N) is 1. The summed E-state index contributed by atoms with van der Waals surface area (Å²) in [6.45, 7) is 5.44. The fraction of sp³-hybridized carbons (Fsp3) is 1.00. The summed E-state index contributed by atoms with van der Waals surface area (Å²) in [5.41, 5.74) is 0.227. The van der Waals surface area contributed by atoms with Crippen LogP contribution in [0.15, 0.2) is 0 Å². The molecule has 0 atom stereocenters. The van der Waals surface area contributed by atoms with Crippen LogP contribution in [0, 0.1) is 5.41 Å². The lowest BCUT2D eigenvalue weighted by Crippen LogP contribution is -2.48. The van der Waals surface area contributed by atoms with Gasteiger partial charge in [-0.2, -0.15) is 17.0 Å². The van der Waals surface area contributed by atoms with E-state index < -0.39 is 10.2 Å². The lowest BCUT2D eigenvalue weighted by Gasteiger charge is -2.35.